The molecule has 20 heavy (non-hydrogen) atoms. The molecule has 4 heteroatoms. The second-order valence-corrected chi connectivity index (χ2v) is 5.02. The van der Waals surface area contributed by atoms with Crippen molar-refractivity contribution < 1.29 is 4.39 Å². The van der Waals surface area contributed by atoms with Gasteiger partial charge in [0.2, 0.25) is 0 Å². The van der Waals surface area contributed by atoms with E-state index >= 15 is 0 Å². The average Bonchev–Trinajstić information content (AvgIpc) is 2.48. The van der Waals surface area contributed by atoms with E-state index in [1.165, 1.54) is 12.1 Å². The second kappa shape index (κ2) is 5.19. The minimum atomic E-state index is -0.582. The van der Waals surface area contributed by atoms with Crippen LogP contribution in [-0.2, 0) is 0 Å². The van der Waals surface area contributed by atoms with Gasteiger partial charge in [0.1, 0.15) is 5.82 Å². The highest BCUT2D eigenvalue weighted by Gasteiger charge is 2.16. The van der Waals surface area contributed by atoms with Crippen LogP contribution in [0.5, 0.6) is 0 Å². The Morgan fingerprint density at radius 3 is 2.80 bits per heavy atom. The molecular formula is C16H12ClFN2. The average molecular weight is 287 g/mol. The summed E-state index contributed by atoms with van der Waals surface area (Å²) in [5.41, 5.74) is 7.44. The summed E-state index contributed by atoms with van der Waals surface area (Å²) in [7, 11) is 0. The predicted octanol–water partition coefficient (Wildman–Crippen LogP) is 4.08. The second-order valence-electron chi connectivity index (χ2n) is 4.59. The molecule has 0 aliphatic carbocycles. The summed E-state index contributed by atoms with van der Waals surface area (Å²) in [5.74, 6) is -0.359. The smallest absolute Gasteiger partial charge is 0.128 e. The van der Waals surface area contributed by atoms with E-state index in [2.05, 4.69) is 4.98 Å². The van der Waals surface area contributed by atoms with Gasteiger partial charge in [0.25, 0.3) is 0 Å². The van der Waals surface area contributed by atoms with Crippen molar-refractivity contribution in [1.82, 2.24) is 4.98 Å². The van der Waals surface area contributed by atoms with Crippen LogP contribution in [0.15, 0.2) is 54.9 Å². The number of halogens is 2. The molecule has 3 aromatic rings. The van der Waals surface area contributed by atoms with Gasteiger partial charge in [-0.05, 0) is 35.2 Å². The molecule has 2 aromatic carbocycles. The molecule has 0 spiro atoms. The molecule has 0 aliphatic rings. The molecule has 100 valence electrons. The number of hydrogen-bond donors (Lipinski definition) is 1. The lowest BCUT2D eigenvalue weighted by atomic mass is 9.95. The summed E-state index contributed by atoms with van der Waals surface area (Å²) in [6.45, 7) is 0. The third-order valence-corrected chi connectivity index (χ3v) is 3.58. The molecule has 0 saturated heterocycles. The molecule has 1 unspecified atom stereocenters. The Labute approximate surface area is 121 Å². The van der Waals surface area contributed by atoms with Crippen LogP contribution in [0.25, 0.3) is 10.8 Å². The molecule has 0 fully saturated rings. The molecule has 0 bridgehead atoms. The first kappa shape index (κ1) is 13.0. The Kier molecular flexibility index (Phi) is 3.38. The zero-order valence-electron chi connectivity index (χ0n) is 10.6. The van der Waals surface area contributed by atoms with Crippen LogP contribution in [0.4, 0.5) is 4.39 Å². The van der Waals surface area contributed by atoms with Crippen LogP contribution >= 0.6 is 11.6 Å². The first-order chi connectivity index (χ1) is 9.66. The van der Waals surface area contributed by atoms with Gasteiger partial charge in [-0.25, -0.2) is 4.39 Å². The summed E-state index contributed by atoms with van der Waals surface area (Å²) in [4.78, 5) is 4.11. The number of pyridine rings is 1. The lowest BCUT2D eigenvalue weighted by Crippen LogP contribution is -2.14. The van der Waals surface area contributed by atoms with E-state index in [1.807, 2.05) is 24.3 Å². The molecule has 1 heterocycles. The van der Waals surface area contributed by atoms with Crippen molar-refractivity contribution in [3.63, 3.8) is 0 Å². The summed E-state index contributed by atoms with van der Waals surface area (Å²) < 4.78 is 14.0. The molecule has 0 amide bonds. The van der Waals surface area contributed by atoms with Gasteiger partial charge in [0.05, 0.1) is 6.04 Å². The number of fused-ring (bicyclic) bond motifs is 1. The quantitative estimate of drug-likeness (QED) is 0.771. The molecule has 1 atom stereocenters. The van der Waals surface area contributed by atoms with Crippen molar-refractivity contribution in [3.05, 3.63) is 76.8 Å². The standard InChI is InChI=1S/C16H12ClFN2/c17-11-4-5-15(18)13(8-11)16(19)12-3-1-2-10-6-7-20-9-14(10)12/h1-9,16H,19H2. The van der Waals surface area contributed by atoms with Gasteiger partial charge in [-0.3, -0.25) is 4.98 Å². The normalized spacial score (nSPS) is 12.6. The maximum absolute atomic E-state index is 14.0. The van der Waals surface area contributed by atoms with Crippen LogP contribution in [0, 0.1) is 5.82 Å². The summed E-state index contributed by atoms with van der Waals surface area (Å²) >= 11 is 5.93. The van der Waals surface area contributed by atoms with E-state index in [0.717, 1.165) is 16.3 Å². The molecule has 0 radical (unpaired) electrons. The zero-order chi connectivity index (χ0) is 14.1. The van der Waals surface area contributed by atoms with E-state index in [1.54, 1.807) is 18.5 Å². The van der Waals surface area contributed by atoms with Crippen molar-refractivity contribution in [3.8, 4) is 0 Å². The predicted molar refractivity (Wildman–Crippen MR) is 79.2 cm³/mol. The Hall–Kier alpha value is -1.97. The van der Waals surface area contributed by atoms with Crippen LogP contribution in [-0.4, -0.2) is 4.98 Å². The van der Waals surface area contributed by atoms with Gasteiger partial charge in [-0.1, -0.05) is 29.8 Å². The lowest BCUT2D eigenvalue weighted by molar-refractivity contribution is 0.600. The van der Waals surface area contributed by atoms with E-state index in [9.17, 15) is 4.39 Å². The monoisotopic (exact) mass is 286 g/mol. The number of nitrogens with two attached hydrogens (primary N) is 1. The van der Waals surface area contributed by atoms with Gasteiger partial charge < -0.3 is 5.73 Å². The molecular weight excluding hydrogens is 275 g/mol. The van der Waals surface area contributed by atoms with E-state index in [4.69, 9.17) is 17.3 Å². The number of nitrogens with zero attached hydrogens (tertiary/aromatic N) is 1. The molecule has 2 N–H and O–H groups in total. The van der Waals surface area contributed by atoms with Crippen molar-refractivity contribution >= 4 is 22.4 Å². The topological polar surface area (TPSA) is 38.9 Å². The Morgan fingerprint density at radius 1 is 1.10 bits per heavy atom. The minimum absolute atomic E-state index is 0.359. The number of aromatic nitrogens is 1. The fraction of sp³-hybridized carbons (Fsp3) is 0.0625. The fourth-order valence-electron chi connectivity index (χ4n) is 2.33. The summed E-state index contributed by atoms with van der Waals surface area (Å²) in [6, 6.07) is 11.5. The maximum atomic E-state index is 14.0. The third kappa shape index (κ3) is 2.26. The van der Waals surface area contributed by atoms with Crippen LogP contribution in [0.3, 0.4) is 0 Å². The van der Waals surface area contributed by atoms with Crippen molar-refractivity contribution in [2.75, 3.05) is 0 Å². The minimum Gasteiger partial charge on any atom is -0.320 e. The van der Waals surface area contributed by atoms with E-state index < -0.39 is 6.04 Å². The number of hydrogen-bond acceptors (Lipinski definition) is 2. The van der Waals surface area contributed by atoms with Crippen molar-refractivity contribution in [2.24, 2.45) is 5.73 Å². The van der Waals surface area contributed by atoms with Gasteiger partial charge in [0.15, 0.2) is 0 Å². The maximum Gasteiger partial charge on any atom is 0.128 e. The molecule has 0 aliphatic heterocycles. The SMILES string of the molecule is NC(c1cc(Cl)ccc1F)c1cccc2ccncc12. The molecule has 0 saturated carbocycles. The summed E-state index contributed by atoms with van der Waals surface area (Å²) in [6.07, 6.45) is 3.46. The summed E-state index contributed by atoms with van der Waals surface area (Å²) in [5, 5.41) is 2.41. The fourth-order valence-corrected chi connectivity index (χ4v) is 2.51. The Morgan fingerprint density at radius 2 is 1.95 bits per heavy atom. The highest BCUT2D eigenvalue weighted by atomic mass is 35.5. The molecule has 3 rings (SSSR count). The van der Waals surface area contributed by atoms with E-state index in [0.29, 0.717) is 10.6 Å². The third-order valence-electron chi connectivity index (χ3n) is 3.35. The van der Waals surface area contributed by atoms with Crippen molar-refractivity contribution in [2.45, 2.75) is 6.04 Å². The van der Waals surface area contributed by atoms with Crippen LogP contribution in [0.1, 0.15) is 17.2 Å². The highest BCUT2D eigenvalue weighted by molar-refractivity contribution is 6.30. The van der Waals surface area contributed by atoms with Gasteiger partial charge in [-0.2, -0.15) is 0 Å². The molecule has 2 nitrogen and oxygen atoms in total. The zero-order valence-corrected chi connectivity index (χ0v) is 11.3. The van der Waals surface area contributed by atoms with Gasteiger partial charge >= 0.3 is 0 Å². The van der Waals surface area contributed by atoms with Crippen molar-refractivity contribution in [1.29, 1.82) is 0 Å². The van der Waals surface area contributed by atoms with Crippen LogP contribution in [0.2, 0.25) is 5.02 Å². The van der Waals surface area contributed by atoms with Gasteiger partial charge in [-0.15, -0.1) is 0 Å². The Balaban J connectivity index is 2.17. The first-order valence-corrected chi connectivity index (χ1v) is 6.58. The lowest BCUT2D eigenvalue weighted by Gasteiger charge is -2.16. The highest BCUT2D eigenvalue weighted by Crippen LogP contribution is 2.29. The number of rotatable bonds is 2. The number of benzene rings is 2. The largest absolute Gasteiger partial charge is 0.320 e. The molecule has 1 aromatic heterocycles. The Bertz CT molecular complexity index is 768. The van der Waals surface area contributed by atoms with Gasteiger partial charge in [0, 0.05) is 28.4 Å². The van der Waals surface area contributed by atoms with E-state index in [-0.39, 0.29) is 5.82 Å². The first-order valence-electron chi connectivity index (χ1n) is 6.20. The van der Waals surface area contributed by atoms with Crippen LogP contribution < -0.4 is 5.73 Å².